The lowest BCUT2D eigenvalue weighted by Gasteiger charge is -2.59. The maximum atomic E-state index is 14.0. The van der Waals surface area contributed by atoms with E-state index < -0.39 is 0 Å². The molecule has 1 saturated heterocycles. The molecule has 9 heteroatoms. The Morgan fingerprint density at radius 1 is 1.17 bits per heavy atom. The summed E-state index contributed by atoms with van der Waals surface area (Å²) in [5.41, 5.74) is 2.53. The van der Waals surface area contributed by atoms with Crippen molar-refractivity contribution in [1.82, 2.24) is 29.6 Å². The fourth-order valence-electron chi connectivity index (χ4n) is 5.33. The number of hydrogen-bond donors (Lipinski definition) is 0. The van der Waals surface area contributed by atoms with Crippen LogP contribution in [-0.4, -0.2) is 49.8 Å². The smallest absolute Gasteiger partial charge is 0.183 e. The van der Waals surface area contributed by atoms with Gasteiger partial charge >= 0.3 is 0 Å². The number of anilines is 1. The van der Waals surface area contributed by atoms with E-state index in [4.69, 9.17) is 11.6 Å². The number of aromatic nitrogens is 5. The van der Waals surface area contributed by atoms with Crippen LogP contribution in [0.15, 0.2) is 30.7 Å². The topological polar surface area (TPSA) is 63.0 Å². The van der Waals surface area contributed by atoms with Crippen molar-refractivity contribution in [2.75, 3.05) is 25.0 Å². The van der Waals surface area contributed by atoms with Crippen molar-refractivity contribution < 1.29 is 4.39 Å². The summed E-state index contributed by atoms with van der Waals surface area (Å²) in [6, 6.07) is 6.04. The maximum Gasteiger partial charge on any atom is 0.183 e. The second kappa shape index (κ2) is 6.46. The molecule has 30 heavy (non-hydrogen) atoms. The van der Waals surface area contributed by atoms with Gasteiger partial charge in [-0.05, 0) is 43.7 Å². The molecule has 1 aliphatic carbocycles. The first-order valence-electron chi connectivity index (χ1n) is 10.1. The van der Waals surface area contributed by atoms with Crippen LogP contribution >= 0.6 is 11.6 Å². The van der Waals surface area contributed by atoms with Gasteiger partial charge in [-0.1, -0.05) is 11.6 Å². The molecule has 2 aromatic heterocycles. The molecule has 1 aromatic carbocycles. The minimum Gasteiger partial charge on any atom is -0.353 e. The van der Waals surface area contributed by atoms with Crippen molar-refractivity contribution in [3.8, 4) is 5.69 Å². The van der Waals surface area contributed by atoms with Gasteiger partial charge in [0.05, 0.1) is 18.4 Å². The Morgan fingerprint density at radius 3 is 2.80 bits per heavy atom. The Kier molecular flexibility index (Phi) is 3.92. The van der Waals surface area contributed by atoms with Gasteiger partial charge in [-0.25, -0.2) is 14.4 Å². The number of fused-ring (bicyclic) bond motifs is 3. The van der Waals surface area contributed by atoms with Gasteiger partial charge in [0, 0.05) is 36.0 Å². The summed E-state index contributed by atoms with van der Waals surface area (Å²) >= 11 is 6.26. The largest absolute Gasteiger partial charge is 0.353 e. The first-order valence-corrected chi connectivity index (χ1v) is 10.5. The average Bonchev–Trinajstić information content (AvgIpc) is 2.97. The summed E-state index contributed by atoms with van der Waals surface area (Å²) in [5.74, 6) is 2.40. The molecule has 7 nitrogen and oxygen atoms in total. The molecule has 1 spiro atoms. The van der Waals surface area contributed by atoms with E-state index in [0.717, 1.165) is 61.4 Å². The molecule has 0 unspecified atom stereocenters. The van der Waals surface area contributed by atoms with Gasteiger partial charge in [0.15, 0.2) is 17.5 Å². The van der Waals surface area contributed by atoms with Crippen molar-refractivity contribution in [2.45, 2.75) is 31.8 Å². The zero-order chi connectivity index (χ0) is 20.5. The minimum atomic E-state index is -0.356. The van der Waals surface area contributed by atoms with Crippen LogP contribution in [0.2, 0.25) is 5.02 Å². The summed E-state index contributed by atoms with van der Waals surface area (Å²) in [7, 11) is 2.09. The number of rotatable bonds is 2. The van der Waals surface area contributed by atoms with Gasteiger partial charge in [0.1, 0.15) is 12.2 Å². The third-order valence-corrected chi connectivity index (χ3v) is 6.85. The number of benzene rings is 1. The van der Waals surface area contributed by atoms with Crippen molar-refractivity contribution in [1.29, 1.82) is 0 Å². The van der Waals surface area contributed by atoms with Gasteiger partial charge in [0.25, 0.3) is 0 Å². The van der Waals surface area contributed by atoms with E-state index in [-0.39, 0.29) is 11.2 Å². The molecule has 2 fully saturated rings. The summed E-state index contributed by atoms with van der Waals surface area (Å²) < 4.78 is 16.2. The Balaban J connectivity index is 1.25. The first kappa shape index (κ1) is 18.2. The Bertz CT molecular complexity index is 1130. The highest BCUT2D eigenvalue weighted by Crippen LogP contribution is 2.56. The molecule has 0 N–H and O–H groups in total. The van der Waals surface area contributed by atoms with Crippen LogP contribution in [-0.2, 0) is 13.1 Å². The molecule has 2 aliphatic heterocycles. The van der Waals surface area contributed by atoms with Crippen LogP contribution in [0.1, 0.15) is 36.0 Å². The zero-order valence-electron chi connectivity index (χ0n) is 16.6. The second-order valence-electron chi connectivity index (χ2n) is 8.91. The zero-order valence-corrected chi connectivity index (χ0v) is 17.3. The molecule has 0 bridgehead atoms. The molecule has 0 radical (unpaired) electrons. The van der Waals surface area contributed by atoms with Crippen LogP contribution in [0, 0.1) is 11.2 Å². The molecule has 1 saturated carbocycles. The fourth-order valence-corrected chi connectivity index (χ4v) is 5.52. The highest BCUT2D eigenvalue weighted by Gasteiger charge is 2.54. The summed E-state index contributed by atoms with van der Waals surface area (Å²) in [4.78, 5) is 12.1. The van der Waals surface area contributed by atoms with Gasteiger partial charge in [-0.15, -0.1) is 10.2 Å². The van der Waals surface area contributed by atoms with E-state index >= 15 is 0 Å². The molecule has 154 valence electrons. The summed E-state index contributed by atoms with van der Waals surface area (Å²) in [6.45, 7) is 3.23. The fraction of sp³-hybridized carbons (Fsp3) is 0.429. The second-order valence-corrected chi connectivity index (χ2v) is 9.35. The monoisotopic (exact) mass is 425 g/mol. The molecular formula is C21H21ClFN7. The highest BCUT2D eigenvalue weighted by molar-refractivity contribution is 6.30. The average molecular weight is 426 g/mol. The van der Waals surface area contributed by atoms with Crippen molar-refractivity contribution in [3.05, 3.63) is 58.8 Å². The van der Waals surface area contributed by atoms with Crippen molar-refractivity contribution in [2.24, 2.45) is 5.41 Å². The van der Waals surface area contributed by atoms with Crippen LogP contribution in [0.25, 0.3) is 5.69 Å². The lowest BCUT2D eigenvalue weighted by Crippen LogP contribution is -2.62. The third-order valence-electron chi connectivity index (χ3n) is 6.61. The predicted molar refractivity (Wildman–Crippen MR) is 110 cm³/mol. The quantitative estimate of drug-likeness (QED) is 0.628. The number of halogens is 2. The Morgan fingerprint density at radius 2 is 2.00 bits per heavy atom. The highest BCUT2D eigenvalue weighted by atomic mass is 35.5. The molecule has 3 aliphatic rings. The molecule has 4 heterocycles. The lowest BCUT2D eigenvalue weighted by molar-refractivity contribution is 0.0575. The Labute approximate surface area is 178 Å². The first-order chi connectivity index (χ1) is 14.5. The number of hydrogen-bond acceptors (Lipinski definition) is 6. The van der Waals surface area contributed by atoms with Crippen molar-refractivity contribution in [3.63, 3.8) is 0 Å². The minimum absolute atomic E-state index is 0.221. The van der Waals surface area contributed by atoms with Gasteiger partial charge < -0.3 is 4.90 Å². The Hall–Kier alpha value is -2.58. The van der Waals surface area contributed by atoms with Crippen molar-refractivity contribution >= 4 is 17.4 Å². The van der Waals surface area contributed by atoms with Gasteiger partial charge in [-0.3, -0.25) is 9.47 Å². The van der Waals surface area contributed by atoms with E-state index in [9.17, 15) is 4.39 Å². The van der Waals surface area contributed by atoms with Gasteiger partial charge in [0.2, 0.25) is 0 Å². The predicted octanol–water partition coefficient (Wildman–Crippen LogP) is 3.18. The molecule has 3 aromatic rings. The van der Waals surface area contributed by atoms with E-state index in [0.29, 0.717) is 11.7 Å². The summed E-state index contributed by atoms with van der Waals surface area (Å²) in [6.07, 6.45) is 4.70. The third kappa shape index (κ3) is 2.74. The number of nitrogens with zero attached hydrogens (tertiary/aromatic N) is 7. The standard InChI is InChI=1S/C21H21ClFN7/c1-28-8-13-4-15(22)2-3-17(13)30-18(9-28)26-27-19(30)14-5-21(6-14)10-29(11-21)20-16(23)7-24-12-25-20/h2-4,7,12,14H,5-6,8-11H2,1H3. The van der Waals surface area contributed by atoms with E-state index in [2.05, 4.69) is 42.7 Å². The van der Waals surface area contributed by atoms with E-state index in [1.807, 2.05) is 17.0 Å². The summed E-state index contributed by atoms with van der Waals surface area (Å²) in [5, 5.41) is 9.85. The van der Waals surface area contributed by atoms with E-state index in [1.165, 1.54) is 18.1 Å². The molecule has 6 rings (SSSR count). The van der Waals surface area contributed by atoms with E-state index in [1.54, 1.807) is 0 Å². The SMILES string of the molecule is CN1Cc2cc(Cl)ccc2-n2c(nnc2C2CC3(C2)CN(c2ncncc2F)C3)C1. The lowest BCUT2D eigenvalue weighted by atomic mass is 9.57. The van der Waals surface area contributed by atoms with Crippen LogP contribution in [0.4, 0.5) is 10.2 Å². The molecular weight excluding hydrogens is 405 g/mol. The van der Waals surface area contributed by atoms with Crippen LogP contribution in [0.5, 0.6) is 0 Å². The normalized spacial score (nSPS) is 20.3. The van der Waals surface area contributed by atoms with Crippen LogP contribution in [0.3, 0.4) is 0 Å². The van der Waals surface area contributed by atoms with Gasteiger partial charge in [-0.2, -0.15) is 0 Å². The maximum absolute atomic E-state index is 14.0. The molecule has 0 atom stereocenters. The molecule has 0 amide bonds. The van der Waals surface area contributed by atoms with Crippen LogP contribution < -0.4 is 4.90 Å².